The van der Waals surface area contributed by atoms with Crippen molar-refractivity contribution in [3.63, 3.8) is 0 Å². The number of aliphatic hydroxyl groups is 1. The number of rotatable bonds is 43. The monoisotopic (exact) mass is 848 g/mol. The highest BCUT2D eigenvalue weighted by Gasteiger charge is 2.23. The highest BCUT2D eigenvalue weighted by molar-refractivity contribution is 7.47. The van der Waals surface area contributed by atoms with Crippen molar-refractivity contribution >= 4 is 19.7 Å². The van der Waals surface area contributed by atoms with Gasteiger partial charge >= 0.3 is 13.8 Å². The molecule has 0 aromatic heterocycles. The number of phosphoric acid groups is 1. The van der Waals surface area contributed by atoms with Crippen molar-refractivity contribution in [2.24, 2.45) is 0 Å². The second-order valence-electron chi connectivity index (χ2n) is 15.3. The van der Waals surface area contributed by atoms with E-state index in [0.717, 1.165) is 57.8 Å². The molecule has 59 heavy (non-hydrogen) atoms. The summed E-state index contributed by atoms with van der Waals surface area (Å²) >= 11 is 0. The predicted octanol–water partition coefficient (Wildman–Crippen LogP) is 13.4. The van der Waals surface area contributed by atoms with E-state index >= 15 is 0 Å². The summed E-state index contributed by atoms with van der Waals surface area (Å²) in [5.74, 6) is -0.578. The van der Waals surface area contributed by atoms with Crippen molar-refractivity contribution in [2.45, 2.75) is 200 Å². The zero-order chi connectivity index (χ0) is 43.2. The van der Waals surface area contributed by atoms with Gasteiger partial charge in [0.25, 0.3) is 0 Å². The summed E-state index contributed by atoms with van der Waals surface area (Å²) < 4.78 is 26.9. The van der Waals surface area contributed by atoms with E-state index < -0.39 is 26.5 Å². The molecule has 0 heterocycles. The summed E-state index contributed by atoms with van der Waals surface area (Å²) in [6.07, 6.45) is 55.6. The summed E-state index contributed by atoms with van der Waals surface area (Å²) in [5.41, 5.74) is 0. The number of ether oxygens (including phenoxy) is 1. The maximum Gasteiger partial charge on any atom is 0.472 e. The minimum Gasteiger partial charge on any atom is -0.463 e. The third-order valence-electron chi connectivity index (χ3n) is 9.62. The van der Waals surface area contributed by atoms with Gasteiger partial charge in [0.2, 0.25) is 5.91 Å². The molecule has 0 aromatic rings. The van der Waals surface area contributed by atoms with E-state index in [2.05, 4.69) is 86.0 Å². The van der Waals surface area contributed by atoms with Crippen molar-refractivity contribution in [3.05, 3.63) is 72.9 Å². The van der Waals surface area contributed by atoms with Crippen molar-refractivity contribution in [3.8, 4) is 0 Å². The van der Waals surface area contributed by atoms with Crippen molar-refractivity contribution < 1.29 is 37.9 Å². The fourth-order valence-electron chi connectivity index (χ4n) is 6.12. The number of hydrogen-bond acceptors (Lipinski definition) is 7. The molecule has 1 amide bonds. The molecule has 0 saturated heterocycles. The van der Waals surface area contributed by atoms with E-state index in [-0.39, 0.29) is 32.1 Å². The number of carbonyl (C=O) groups excluding carboxylic acids is 2. The molecule has 2 unspecified atom stereocenters. The van der Waals surface area contributed by atoms with Crippen LogP contribution < -0.4 is 5.32 Å². The molecule has 340 valence electrons. The zero-order valence-corrected chi connectivity index (χ0v) is 38.3. The Kier molecular flexibility index (Phi) is 43.0. The van der Waals surface area contributed by atoms with Gasteiger partial charge in [-0.25, -0.2) is 4.57 Å². The average Bonchev–Trinajstić information content (AvgIpc) is 3.22. The van der Waals surface area contributed by atoms with Gasteiger partial charge < -0.3 is 20.1 Å². The van der Waals surface area contributed by atoms with Gasteiger partial charge in [-0.2, -0.15) is 0 Å². The van der Waals surface area contributed by atoms with Gasteiger partial charge in [-0.05, 0) is 77.0 Å². The van der Waals surface area contributed by atoms with E-state index in [0.29, 0.717) is 12.8 Å². The molecule has 0 saturated carbocycles. The molecule has 0 bridgehead atoms. The van der Waals surface area contributed by atoms with Crippen LogP contribution in [0, 0.1) is 0 Å². The Balaban J connectivity index is 3.64. The minimum atomic E-state index is -4.44. The first-order chi connectivity index (χ1) is 28.8. The molecule has 3 N–H and O–H groups in total. The first-order valence-electron chi connectivity index (χ1n) is 23.4. The van der Waals surface area contributed by atoms with Gasteiger partial charge in [-0.15, -0.1) is 0 Å². The number of esters is 1. The SMILES string of the molecule is CC/C=C\C/C=C\C/C=C\C/C=C\C/C=C\CCCC(=O)OCC(O)COP(=O)(O)OCCNC(=O)CCCCCCCCCCCCC/C=C/CCCCCCCC. The highest BCUT2D eigenvalue weighted by Crippen LogP contribution is 2.42. The van der Waals surface area contributed by atoms with Crippen LogP contribution in [-0.4, -0.2) is 54.3 Å². The van der Waals surface area contributed by atoms with Gasteiger partial charge in [-0.3, -0.25) is 18.6 Å². The molecule has 0 rings (SSSR count). The molecule has 0 aliphatic carbocycles. The Labute approximate surface area is 360 Å². The molecule has 0 fully saturated rings. The number of phosphoric ester groups is 1. The van der Waals surface area contributed by atoms with E-state index in [9.17, 15) is 24.2 Å². The summed E-state index contributed by atoms with van der Waals surface area (Å²) in [7, 11) is -4.44. The van der Waals surface area contributed by atoms with E-state index in [1.54, 1.807) is 0 Å². The molecule has 0 radical (unpaired) electrons. The third kappa shape index (κ3) is 46.4. The average molecular weight is 848 g/mol. The highest BCUT2D eigenvalue weighted by atomic mass is 31.2. The second-order valence-corrected chi connectivity index (χ2v) is 16.8. The van der Waals surface area contributed by atoms with Crippen LogP contribution in [0.4, 0.5) is 0 Å². The van der Waals surface area contributed by atoms with Crippen molar-refractivity contribution in [1.29, 1.82) is 0 Å². The molecule has 0 spiro atoms. The summed E-state index contributed by atoms with van der Waals surface area (Å²) in [5, 5.41) is 12.7. The fourth-order valence-corrected chi connectivity index (χ4v) is 6.87. The summed E-state index contributed by atoms with van der Waals surface area (Å²) in [6.45, 7) is 3.37. The maximum absolute atomic E-state index is 12.1. The smallest absolute Gasteiger partial charge is 0.463 e. The topological polar surface area (TPSA) is 131 Å². The Hall–Kier alpha value is -2.55. The van der Waals surface area contributed by atoms with Crippen LogP contribution in [0.2, 0.25) is 0 Å². The summed E-state index contributed by atoms with van der Waals surface area (Å²) in [6, 6.07) is 0. The zero-order valence-electron chi connectivity index (χ0n) is 37.4. The van der Waals surface area contributed by atoms with Crippen LogP contribution in [0.15, 0.2) is 72.9 Å². The lowest BCUT2D eigenvalue weighted by Crippen LogP contribution is -2.27. The minimum absolute atomic E-state index is 0.0719. The molecular weight excluding hydrogens is 762 g/mol. The van der Waals surface area contributed by atoms with Crippen LogP contribution in [0.5, 0.6) is 0 Å². The van der Waals surface area contributed by atoms with Crippen molar-refractivity contribution in [2.75, 3.05) is 26.4 Å². The number of amides is 1. The fraction of sp³-hybridized carbons (Fsp3) is 0.714. The van der Waals surface area contributed by atoms with Crippen molar-refractivity contribution in [1.82, 2.24) is 5.32 Å². The number of allylic oxidation sites excluding steroid dienone is 12. The lowest BCUT2D eigenvalue weighted by molar-refractivity contribution is -0.147. The van der Waals surface area contributed by atoms with Gasteiger partial charge in [0.05, 0.1) is 13.2 Å². The Morgan fingerprint density at radius 3 is 1.51 bits per heavy atom. The first kappa shape index (κ1) is 56.5. The summed E-state index contributed by atoms with van der Waals surface area (Å²) in [4.78, 5) is 34.0. The Morgan fingerprint density at radius 1 is 0.542 bits per heavy atom. The van der Waals surface area contributed by atoms with E-state index in [1.165, 1.54) is 103 Å². The number of unbranched alkanes of at least 4 members (excludes halogenated alkanes) is 18. The third-order valence-corrected chi connectivity index (χ3v) is 10.6. The van der Waals surface area contributed by atoms with E-state index in [1.807, 2.05) is 6.08 Å². The van der Waals surface area contributed by atoms with Crippen LogP contribution >= 0.6 is 7.82 Å². The van der Waals surface area contributed by atoms with E-state index in [4.69, 9.17) is 13.8 Å². The number of hydrogen-bond donors (Lipinski definition) is 3. The van der Waals surface area contributed by atoms with Gasteiger partial charge in [0, 0.05) is 19.4 Å². The van der Waals surface area contributed by atoms with Crippen LogP contribution in [-0.2, 0) is 27.9 Å². The second kappa shape index (κ2) is 45.0. The Morgan fingerprint density at radius 2 is 0.983 bits per heavy atom. The predicted molar refractivity (Wildman–Crippen MR) is 247 cm³/mol. The molecule has 0 aromatic carbocycles. The van der Waals surface area contributed by atoms with Crippen LogP contribution in [0.25, 0.3) is 0 Å². The van der Waals surface area contributed by atoms with Gasteiger partial charge in [-0.1, -0.05) is 177 Å². The standard InChI is InChI=1S/C49H86NO8P/c1-3-5-7-9-11-13-15-17-19-21-22-23-24-26-27-29-31-33-35-37-39-41-48(52)50-43-44-57-59(54,55)58-46-47(51)45-56-49(53)42-40-38-36-34-32-30-28-25-20-18-16-14-12-10-8-6-4-2/h6,8,12,14,17-20,28,30,34,36,47,51H,3-5,7,9-11,13,15-16,21-27,29,31-33,35,37-46H2,1-2H3,(H,50,52)(H,54,55)/b8-6-,14-12-,19-17+,20-18-,30-28-,36-34-. The molecule has 2 atom stereocenters. The quantitative estimate of drug-likeness (QED) is 0.0239. The van der Waals surface area contributed by atoms with Crippen LogP contribution in [0.3, 0.4) is 0 Å². The maximum atomic E-state index is 12.1. The lowest BCUT2D eigenvalue weighted by Gasteiger charge is -2.15. The Bertz CT molecular complexity index is 1190. The molecular formula is C49H86NO8P. The first-order valence-corrected chi connectivity index (χ1v) is 24.9. The van der Waals surface area contributed by atoms with Gasteiger partial charge in [0.15, 0.2) is 0 Å². The molecule has 9 nitrogen and oxygen atoms in total. The normalized spacial score (nSPS) is 13.9. The number of aliphatic hydroxyl groups excluding tert-OH is 1. The molecule has 10 heteroatoms. The largest absolute Gasteiger partial charge is 0.472 e. The number of nitrogens with one attached hydrogen (secondary N) is 1. The van der Waals surface area contributed by atoms with Gasteiger partial charge in [0.1, 0.15) is 12.7 Å². The molecule has 0 aliphatic heterocycles. The molecule has 0 aliphatic rings. The lowest BCUT2D eigenvalue weighted by atomic mass is 10.0. The number of carbonyl (C=O) groups is 2. The van der Waals surface area contributed by atoms with Crippen LogP contribution in [0.1, 0.15) is 194 Å².